The van der Waals surface area contributed by atoms with Crippen LogP contribution in [0, 0.1) is 19.8 Å². The molecule has 2 amide bonds. The topological polar surface area (TPSA) is 93.2 Å². The van der Waals surface area contributed by atoms with Gasteiger partial charge >= 0.3 is 5.97 Å². The van der Waals surface area contributed by atoms with Crippen molar-refractivity contribution in [2.45, 2.75) is 46.6 Å². The standard InChI is InChI=1S/C23H30N2O6/c1-4-29-23(28)18-7-10-24(11-8-18)21(26)9-12-25(15-19-6-5-13-30-19)22(27)20-14-16(2)31-17(20)3/h5-6,13-14,18H,4,7-12,15H2,1-3H3. The summed E-state index contributed by atoms with van der Waals surface area (Å²) in [7, 11) is 0. The summed E-state index contributed by atoms with van der Waals surface area (Å²) in [6.45, 7) is 7.29. The van der Waals surface area contributed by atoms with Gasteiger partial charge < -0.3 is 23.4 Å². The molecule has 0 radical (unpaired) electrons. The number of likely N-dealkylation sites (tertiary alicyclic amines) is 1. The first-order valence-electron chi connectivity index (χ1n) is 10.7. The fourth-order valence-electron chi connectivity index (χ4n) is 3.87. The predicted octanol–water partition coefficient (Wildman–Crippen LogP) is 3.32. The highest BCUT2D eigenvalue weighted by Gasteiger charge is 2.29. The number of piperidine rings is 1. The molecule has 0 spiro atoms. The first-order valence-corrected chi connectivity index (χ1v) is 10.7. The number of hydrogen-bond acceptors (Lipinski definition) is 6. The van der Waals surface area contributed by atoms with Crippen molar-refractivity contribution >= 4 is 17.8 Å². The second-order valence-corrected chi connectivity index (χ2v) is 7.79. The van der Waals surface area contributed by atoms with Crippen LogP contribution in [-0.2, 0) is 20.9 Å². The Balaban J connectivity index is 1.60. The van der Waals surface area contributed by atoms with Crippen LogP contribution in [0.25, 0.3) is 0 Å². The summed E-state index contributed by atoms with van der Waals surface area (Å²) in [5.41, 5.74) is 0.492. The van der Waals surface area contributed by atoms with Gasteiger partial charge in [0, 0.05) is 26.1 Å². The Morgan fingerprint density at radius 1 is 1.23 bits per heavy atom. The Labute approximate surface area is 182 Å². The molecule has 31 heavy (non-hydrogen) atoms. The van der Waals surface area contributed by atoms with E-state index in [1.54, 1.807) is 55.0 Å². The van der Waals surface area contributed by atoms with Crippen molar-refractivity contribution in [2.75, 3.05) is 26.2 Å². The number of carbonyl (C=O) groups excluding carboxylic acids is 3. The molecule has 3 heterocycles. The van der Waals surface area contributed by atoms with E-state index in [2.05, 4.69) is 0 Å². The average Bonchev–Trinajstić information content (AvgIpc) is 3.39. The summed E-state index contributed by atoms with van der Waals surface area (Å²) in [5.74, 6) is 1.32. The number of aryl methyl sites for hydroxylation is 2. The molecular formula is C23H30N2O6. The highest BCUT2D eigenvalue weighted by atomic mass is 16.5. The SMILES string of the molecule is CCOC(=O)C1CCN(C(=O)CCN(Cc2ccco2)C(=O)c2cc(C)oc2C)CC1. The van der Waals surface area contributed by atoms with Crippen LogP contribution < -0.4 is 0 Å². The zero-order valence-electron chi connectivity index (χ0n) is 18.4. The second-order valence-electron chi connectivity index (χ2n) is 7.79. The zero-order valence-corrected chi connectivity index (χ0v) is 18.4. The third-order valence-electron chi connectivity index (χ3n) is 5.55. The monoisotopic (exact) mass is 430 g/mol. The molecule has 0 saturated carbocycles. The average molecular weight is 431 g/mol. The molecule has 0 aliphatic carbocycles. The van der Waals surface area contributed by atoms with Crippen molar-refractivity contribution in [3.8, 4) is 0 Å². The fourth-order valence-corrected chi connectivity index (χ4v) is 3.87. The van der Waals surface area contributed by atoms with E-state index >= 15 is 0 Å². The summed E-state index contributed by atoms with van der Waals surface area (Å²) in [6, 6.07) is 5.29. The number of furan rings is 2. The van der Waals surface area contributed by atoms with E-state index in [1.165, 1.54) is 0 Å². The van der Waals surface area contributed by atoms with E-state index in [-0.39, 0.29) is 43.2 Å². The normalized spacial score (nSPS) is 14.5. The van der Waals surface area contributed by atoms with Crippen molar-refractivity contribution in [2.24, 2.45) is 5.92 Å². The molecule has 0 unspecified atom stereocenters. The Bertz CT molecular complexity index is 893. The molecule has 0 bridgehead atoms. The maximum atomic E-state index is 13.1. The van der Waals surface area contributed by atoms with Gasteiger partial charge in [-0.25, -0.2) is 0 Å². The number of carbonyl (C=O) groups is 3. The van der Waals surface area contributed by atoms with Gasteiger partial charge in [0.1, 0.15) is 17.3 Å². The molecule has 8 nitrogen and oxygen atoms in total. The number of rotatable bonds is 8. The Hall–Kier alpha value is -3.03. The Morgan fingerprint density at radius 2 is 1.97 bits per heavy atom. The first-order chi connectivity index (χ1) is 14.9. The van der Waals surface area contributed by atoms with Crippen LogP contribution in [0.4, 0.5) is 0 Å². The number of hydrogen-bond donors (Lipinski definition) is 0. The van der Waals surface area contributed by atoms with Gasteiger partial charge in [0.15, 0.2) is 0 Å². The zero-order chi connectivity index (χ0) is 22.4. The molecule has 3 rings (SSSR count). The minimum absolute atomic E-state index is 0.0281. The summed E-state index contributed by atoms with van der Waals surface area (Å²) < 4.78 is 16.0. The molecule has 1 fully saturated rings. The lowest BCUT2D eigenvalue weighted by molar-refractivity contribution is -0.151. The maximum Gasteiger partial charge on any atom is 0.309 e. The van der Waals surface area contributed by atoms with E-state index in [1.807, 2.05) is 0 Å². The van der Waals surface area contributed by atoms with E-state index in [9.17, 15) is 14.4 Å². The summed E-state index contributed by atoms with van der Waals surface area (Å²) in [5, 5.41) is 0. The lowest BCUT2D eigenvalue weighted by Crippen LogP contribution is -2.42. The molecule has 2 aromatic rings. The maximum absolute atomic E-state index is 13.1. The Morgan fingerprint density at radius 3 is 2.55 bits per heavy atom. The number of amides is 2. The van der Waals surface area contributed by atoms with Gasteiger partial charge in [-0.2, -0.15) is 0 Å². The van der Waals surface area contributed by atoms with Gasteiger partial charge in [0.05, 0.1) is 30.9 Å². The third kappa shape index (κ3) is 5.77. The molecule has 8 heteroatoms. The highest BCUT2D eigenvalue weighted by molar-refractivity contribution is 5.95. The second kappa shape index (κ2) is 10.3. The van der Waals surface area contributed by atoms with Crippen LogP contribution in [0.2, 0.25) is 0 Å². The number of ether oxygens (including phenoxy) is 1. The van der Waals surface area contributed by atoms with Gasteiger partial charge in [-0.15, -0.1) is 0 Å². The molecule has 1 aliphatic rings. The number of esters is 1. The minimum Gasteiger partial charge on any atom is -0.467 e. The third-order valence-corrected chi connectivity index (χ3v) is 5.55. The fraction of sp³-hybridized carbons (Fsp3) is 0.522. The van der Waals surface area contributed by atoms with Crippen LogP contribution >= 0.6 is 0 Å². The summed E-state index contributed by atoms with van der Waals surface area (Å²) >= 11 is 0. The predicted molar refractivity (Wildman–Crippen MR) is 112 cm³/mol. The van der Waals surface area contributed by atoms with Crippen molar-refractivity contribution < 1.29 is 28.0 Å². The van der Waals surface area contributed by atoms with Crippen molar-refractivity contribution in [1.29, 1.82) is 0 Å². The van der Waals surface area contributed by atoms with Gasteiger partial charge in [-0.3, -0.25) is 14.4 Å². The molecule has 168 valence electrons. The largest absolute Gasteiger partial charge is 0.467 e. The lowest BCUT2D eigenvalue weighted by atomic mass is 9.97. The van der Waals surface area contributed by atoms with E-state index in [0.29, 0.717) is 55.4 Å². The highest BCUT2D eigenvalue weighted by Crippen LogP contribution is 2.21. The van der Waals surface area contributed by atoms with Gasteiger partial charge in [-0.05, 0) is 51.8 Å². The lowest BCUT2D eigenvalue weighted by Gasteiger charge is -2.31. The van der Waals surface area contributed by atoms with Crippen molar-refractivity contribution in [3.05, 3.63) is 47.3 Å². The smallest absolute Gasteiger partial charge is 0.309 e. The van der Waals surface area contributed by atoms with E-state index in [4.69, 9.17) is 13.6 Å². The van der Waals surface area contributed by atoms with Crippen LogP contribution in [-0.4, -0.2) is 53.8 Å². The van der Waals surface area contributed by atoms with Gasteiger partial charge in [0.25, 0.3) is 5.91 Å². The molecule has 1 saturated heterocycles. The number of nitrogens with zero attached hydrogens (tertiary/aromatic N) is 2. The van der Waals surface area contributed by atoms with Crippen molar-refractivity contribution in [1.82, 2.24) is 9.80 Å². The minimum atomic E-state index is -0.195. The summed E-state index contributed by atoms with van der Waals surface area (Å²) in [6.07, 6.45) is 2.97. The molecule has 2 aromatic heterocycles. The van der Waals surface area contributed by atoms with Crippen LogP contribution in [0.5, 0.6) is 0 Å². The quantitative estimate of drug-likeness (QED) is 0.597. The molecule has 1 aliphatic heterocycles. The Kier molecular flexibility index (Phi) is 7.55. The van der Waals surface area contributed by atoms with E-state index in [0.717, 1.165) is 0 Å². The van der Waals surface area contributed by atoms with Gasteiger partial charge in [0.2, 0.25) is 5.91 Å². The molecule has 0 N–H and O–H groups in total. The van der Waals surface area contributed by atoms with Gasteiger partial charge in [-0.1, -0.05) is 0 Å². The van der Waals surface area contributed by atoms with Crippen LogP contribution in [0.15, 0.2) is 33.3 Å². The van der Waals surface area contributed by atoms with E-state index < -0.39 is 0 Å². The van der Waals surface area contributed by atoms with Crippen LogP contribution in [0.1, 0.15) is 53.8 Å². The van der Waals surface area contributed by atoms with Crippen molar-refractivity contribution in [3.63, 3.8) is 0 Å². The molecule has 0 atom stereocenters. The first kappa shape index (κ1) is 22.7. The molecular weight excluding hydrogens is 400 g/mol. The molecule has 0 aromatic carbocycles. The van der Waals surface area contributed by atoms with Crippen LogP contribution in [0.3, 0.4) is 0 Å². The summed E-state index contributed by atoms with van der Waals surface area (Å²) in [4.78, 5) is 41.2.